The second-order valence-electron chi connectivity index (χ2n) is 9.25. The number of fused-ring (bicyclic) bond motifs is 1. The van der Waals surface area contributed by atoms with Crippen molar-refractivity contribution in [2.75, 3.05) is 49.1 Å². The second kappa shape index (κ2) is 13.0. The summed E-state index contributed by atoms with van der Waals surface area (Å²) in [4.78, 5) is 36.6. The Kier molecular flexibility index (Phi) is 10.1. The number of carbonyl (C=O) groups excluding carboxylic acids is 1. The summed E-state index contributed by atoms with van der Waals surface area (Å²) in [6, 6.07) is 0. The minimum absolute atomic E-state index is 0.0447. The molecule has 0 radical (unpaired) electrons. The number of nitrogens with one attached hydrogen (secondary N) is 1. The van der Waals surface area contributed by atoms with E-state index < -0.39 is 35.2 Å². The quantitative estimate of drug-likeness (QED) is 0.398. The van der Waals surface area contributed by atoms with E-state index in [-0.39, 0.29) is 48.7 Å². The van der Waals surface area contributed by atoms with Crippen LogP contribution in [0.2, 0.25) is 0 Å². The van der Waals surface area contributed by atoms with Crippen molar-refractivity contribution in [3.05, 3.63) is 51.6 Å². The van der Waals surface area contributed by atoms with Crippen LogP contribution in [0.4, 0.5) is 51.3 Å². The SMILES string of the molecule is C/C=C\C(F)(F)F.O=C(CCCN1CCc2c1n[nH]c(=O)c2C(F)(F)F)N1CCN(c2ncc(C(F)(F)F)cn2)CC1. The molecule has 1 amide bonds. The first kappa shape index (κ1) is 32.7. The third-order valence-corrected chi connectivity index (χ3v) is 6.33. The molecule has 4 rings (SSSR count). The second-order valence-corrected chi connectivity index (χ2v) is 9.25. The summed E-state index contributed by atoms with van der Waals surface area (Å²) in [5.41, 5.74) is -3.56. The van der Waals surface area contributed by atoms with E-state index >= 15 is 0 Å². The maximum Gasteiger partial charge on any atom is 0.422 e. The number of alkyl halides is 9. The number of nitrogens with zero attached hydrogens (tertiary/aromatic N) is 6. The average molecular weight is 616 g/mol. The molecule has 232 valence electrons. The number of H-pyrrole nitrogens is 1. The van der Waals surface area contributed by atoms with E-state index in [1.165, 1.54) is 6.92 Å². The molecule has 0 unspecified atom stereocenters. The molecule has 1 saturated heterocycles. The third-order valence-electron chi connectivity index (χ3n) is 6.33. The van der Waals surface area contributed by atoms with Crippen molar-refractivity contribution in [1.29, 1.82) is 0 Å². The number of carbonyl (C=O) groups is 1. The number of allylic oxidation sites excluding steroid dienone is 2. The van der Waals surface area contributed by atoms with Gasteiger partial charge in [0.25, 0.3) is 5.56 Å². The Morgan fingerprint density at radius 3 is 2.07 bits per heavy atom. The van der Waals surface area contributed by atoms with Gasteiger partial charge in [0, 0.05) is 69.7 Å². The van der Waals surface area contributed by atoms with Crippen LogP contribution in [0.3, 0.4) is 0 Å². The minimum atomic E-state index is -4.78. The van der Waals surface area contributed by atoms with Crippen molar-refractivity contribution in [3.8, 4) is 0 Å². The number of anilines is 2. The highest BCUT2D eigenvalue weighted by Crippen LogP contribution is 2.36. The highest BCUT2D eigenvalue weighted by atomic mass is 19.4. The molecular weight excluding hydrogens is 589 g/mol. The summed E-state index contributed by atoms with van der Waals surface area (Å²) in [5.74, 6) is 0.0962. The molecule has 0 saturated carbocycles. The van der Waals surface area contributed by atoms with Crippen molar-refractivity contribution < 1.29 is 44.3 Å². The predicted molar refractivity (Wildman–Crippen MR) is 132 cm³/mol. The number of halogens is 9. The summed E-state index contributed by atoms with van der Waals surface area (Å²) >= 11 is 0. The molecule has 42 heavy (non-hydrogen) atoms. The van der Waals surface area contributed by atoms with E-state index in [9.17, 15) is 49.1 Å². The molecule has 9 nitrogen and oxygen atoms in total. The number of aromatic amines is 1. The fourth-order valence-corrected chi connectivity index (χ4v) is 4.40. The van der Waals surface area contributed by atoms with Crippen LogP contribution in [0.5, 0.6) is 0 Å². The first-order valence-corrected chi connectivity index (χ1v) is 12.6. The van der Waals surface area contributed by atoms with E-state index in [2.05, 4.69) is 15.1 Å². The van der Waals surface area contributed by atoms with Crippen LogP contribution >= 0.6 is 0 Å². The molecule has 1 fully saturated rings. The third kappa shape index (κ3) is 8.58. The predicted octanol–water partition coefficient (Wildman–Crippen LogP) is 4.21. The van der Waals surface area contributed by atoms with Crippen molar-refractivity contribution >= 4 is 17.7 Å². The van der Waals surface area contributed by atoms with E-state index in [1.54, 1.807) is 14.7 Å². The largest absolute Gasteiger partial charge is 0.422 e. The summed E-state index contributed by atoms with van der Waals surface area (Å²) in [6.45, 7) is 3.29. The van der Waals surface area contributed by atoms with Crippen LogP contribution in [0.15, 0.2) is 29.3 Å². The zero-order chi connectivity index (χ0) is 31.3. The molecule has 18 heteroatoms. The van der Waals surface area contributed by atoms with Crippen LogP contribution in [0, 0.1) is 0 Å². The van der Waals surface area contributed by atoms with Gasteiger partial charge in [-0.3, -0.25) is 9.59 Å². The molecule has 0 atom stereocenters. The maximum atomic E-state index is 13.2. The molecule has 0 aliphatic carbocycles. The highest BCUT2D eigenvalue weighted by Gasteiger charge is 2.40. The lowest BCUT2D eigenvalue weighted by molar-refractivity contribution is -0.139. The van der Waals surface area contributed by atoms with Gasteiger partial charge in [-0.05, 0) is 19.8 Å². The Hall–Kier alpha value is -3.86. The summed E-state index contributed by atoms with van der Waals surface area (Å²) in [5, 5.41) is 5.67. The summed E-state index contributed by atoms with van der Waals surface area (Å²) in [7, 11) is 0. The van der Waals surface area contributed by atoms with Gasteiger partial charge in [0.1, 0.15) is 5.56 Å². The number of aromatic nitrogens is 4. The monoisotopic (exact) mass is 615 g/mol. The van der Waals surface area contributed by atoms with Crippen LogP contribution in [-0.4, -0.2) is 76.4 Å². The number of amides is 1. The van der Waals surface area contributed by atoms with Gasteiger partial charge in [0.15, 0.2) is 5.82 Å². The number of rotatable bonds is 5. The zero-order valence-corrected chi connectivity index (χ0v) is 22.1. The van der Waals surface area contributed by atoms with Crippen LogP contribution < -0.4 is 15.4 Å². The molecule has 2 aliphatic heterocycles. The molecule has 0 spiro atoms. The van der Waals surface area contributed by atoms with E-state index in [0.717, 1.165) is 18.5 Å². The van der Waals surface area contributed by atoms with E-state index in [1.807, 2.05) is 5.10 Å². The van der Waals surface area contributed by atoms with Crippen molar-refractivity contribution in [3.63, 3.8) is 0 Å². The fourth-order valence-electron chi connectivity index (χ4n) is 4.40. The number of hydrogen-bond donors (Lipinski definition) is 1. The van der Waals surface area contributed by atoms with E-state index in [0.29, 0.717) is 39.1 Å². The Morgan fingerprint density at radius 2 is 1.57 bits per heavy atom. The Balaban J connectivity index is 0.000000616. The lowest BCUT2D eigenvalue weighted by atomic mass is 10.1. The molecule has 1 N–H and O–H groups in total. The number of piperazine rings is 1. The van der Waals surface area contributed by atoms with Gasteiger partial charge >= 0.3 is 18.5 Å². The van der Waals surface area contributed by atoms with Gasteiger partial charge in [-0.25, -0.2) is 15.1 Å². The molecule has 0 bridgehead atoms. The normalized spacial score (nSPS) is 16.0. The van der Waals surface area contributed by atoms with Gasteiger partial charge in [0.2, 0.25) is 11.9 Å². The van der Waals surface area contributed by atoms with Gasteiger partial charge in [-0.2, -0.15) is 44.6 Å². The van der Waals surface area contributed by atoms with Gasteiger partial charge in [-0.1, -0.05) is 6.08 Å². The van der Waals surface area contributed by atoms with Crippen molar-refractivity contribution in [1.82, 2.24) is 25.1 Å². The van der Waals surface area contributed by atoms with Crippen LogP contribution in [0.25, 0.3) is 0 Å². The zero-order valence-electron chi connectivity index (χ0n) is 22.1. The average Bonchev–Trinajstić information content (AvgIpc) is 3.29. The topological polar surface area (TPSA) is 98.3 Å². The molecular formula is C24H26F9N7O2. The Labute approximate surface area is 233 Å². The Morgan fingerprint density at radius 1 is 0.952 bits per heavy atom. The summed E-state index contributed by atoms with van der Waals surface area (Å²) in [6.07, 6.45) is -10.3. The lowest BCUT2D eigenvalue weighted by Crippen LogP contribution is -2.49. The first-order valence-electron chi connectivity index (χ1n) is 12.6. The molecule has 2 aromatic heterocycles. The Bertz CT molecular complexity index is 1300. The fraction of sp³-hybridized carbons (Fsp3) is 0.542. The van der Waals surface area contributed by atoms with Gasteiger partial charge in [0.05, 0.1) is 5.56 Å². The van der Waals surface area contributed by atoms with Gasteiger partial charge in [-0.15, -0.1) is 0 Å². The van der Waals surface area contributed by atoms with E-state index in [4.69, 9.17) is 0 Å². The van der Waals surface area contributed by atoms with Crippen molar-refractivity contribution in [2.45, 2.75) is 44.7 Å². The highest BCUT2D eigenvalue weighted by molar-refractivity contribution is 5.76. The first-order chi connectivity index (χ1) is 19.5. The molecule has 0 aromatic carbocycles. The van der Waals surface area contributed by atoms with Crippen LogP contribution in [-0.2, 0) is 23.6 Å². The van der Waals surface area contributed by atoms with Crippen molar-refractivity contribution in [2.24, 2.45) is 0 Å². The summed E-state index contributed by atoms with van der Waals surface area (Å²) < 4.78 is 111. The minimum Gasteiger partial charge on any atom is -0.355 e. The lowest BCUT2D eigenvalue weighted by Gasteiger charge is -2.35. The van der Waals surface area contributed by atoms with Crippen LogP contribution in [0.1, 0.15) is 36.5 Å². The van der Waals surface area contributed by atoms with Gasteiger partial charge < -0.3 is 14.7 Å². The molecule has 2 aliphatic rings. The number of hydrogen-bond acceptors (Lipinski definition) is 7. The maximum absolute atomic E-state index is 13.2. The molecule has 4 heterocycles. The molecule has 2 aromatic rings. The standard InChI is InChI=1S/C20H21F6N7O2.C4H5F3/c21-19(22,23)12-10-27-18(28-11-12)33-8-6-31(7-9-33)14(34)2-1-4-32-5-3-13-15(20(24,25)26)17(35)30-29-16(13)32;1-2-3-4(5,6)7/h10-11H,1-9H2,(H,30,35);2-3H,1H3/b;3-2-. The smallest absolute Gasteiger partial charge is 0.355 e.